The lowest BCUT2D eigenvalue weighted by Crippen LogP contribution is -2.14. The molecule has 0 aliphatic carbocycles. The molecule has 0 spiro atoms. The molecule has 1 atom stereocenters. The van der Waals surface area contributed by atoms with E-state index in [4.69, 9.17) is 4.74 Å². The Morgan fingerprint density at radius 3 is 2.67 bits per heavy atom. The fourth-order valence-electron chi connectivity index (χ4n) is 1.64. The molecule has 0 bridgehead atoms. The first kappa shape index (κ1) is 12.4. The maximum absolute atomic E-state index is 9.57. The Bertz CT molecular complexity index is 487. The molecule has 4 heteroatoms. The number of aliphatic hydroxyl groups excluding tert-OH is 1. The Balaban J connectivity index is 2.02. The molecular formula is C14H15NO3. The molecule has 0 aliphatic heterocycles. The monoisotopic (exact) mass is 245 g/mol. The first-order valence-corrected chi connectivity index (χ1v) is 5.73. The molecule has 1 aromatic heterocycles. The van der Waals surface area contributed by atoms with Gasteiger partial charge in [-0.05, 0) is 23.8 Å². The van der Waals surface area contributed by atoms with E-state index < -0.39 is 0 Å². The third kappa shape index (κ3) is 2.99. The molecule has 2 aromatic rings. The SMILES string of the molecule is OCC(COc1ccccc1O)c1cccnc1. The number of benzene rings is 1. The maximum atomic E-state index is 9.57. The van der Waals surface area contributed by atoms with Gasteiger partial charge in [0.2, 0.25) is 0 Å². The van der Waals surface area contributed by atoms with E-state index in [1.165, 1.54) is 0 Å². The van der Waals surface area contributed by atoms with E-state index >= 15 is 0 Å². The number of aliphatic hydroxyl groups is 1. The number of para-hydroxylation sites is 2. The van der Waals surface area contributed by atoms with Crippen LogP contribution < -0.4 is 4.74 Å². The van der Waals surface area contributed by atoms with Crippen LogP contribution in [0.15, 0.2) is 48.8 Å². The minimum Gasteiger partial charge on any atom is -0.504 e. The maximum Gasteiger partial charge on any atom is 0.160 e. The first-order chi connectivity index (χ1) is 8.81. The summed E-state index contributed by atoms with van der Waals surface area (Å²) in [6.45, 7) is 0.263. The lowest BCUT2D eigenvalue weighted by Gasteiger charge is -2.15. The predicted molar refractivity (Wildman–Crippen MR) is 67.7 cm³/mol. The highest BCUT2D eigenvalue weighted by Crippen LogP contribution is 2.26. The second-order valence-corrected chi connectivity index (χ2v) is 3.94. The number of aromatic hydroxyl groups is 1. The van der Waals surface area contributed by atoms with Crippen LogP contribution in [0.3, 0.4) is 0 Å². The van der Waals surface area contributed by atoms with Crippen molar-refractivity contribution in [1.29, 1.82) is 0 Å². The van der Waals surface area contributed by atoms with Gasteiger partial charge in [-0.2, -0.15) is 0 Å². The van der Waals surface area contributed by atoms with Crippen LogP contribution in [0.2, 0.25) is 0 Å². The minimum atomic E-state index is -0.154. The summed E-state index contributed by atoms with van der Waals surface area (Å²) in [7, 11) is 0. The van der Waals surface area contributed by atoms with E-state index in [0.717, 1.165) is 5.56 Å². The summed E-state index contributed by atoms with van der Waals surface area (Å²) >= 11 is 0. The van der Waals surface area contributed by atoms with Crippen LogP contribution in [0.5, 0.6) is 11.5 Å². The van der Waals surface area contributed by atoms with E-state index in [-0.39, 0.29) is 18.3 Å². The van der Waals surface area contributed by atoms with Crippen LogP contribution in [-0.4, -0.2) is 28.4 Å². The summed E-state index contributed by atoms with van der Waals surface area (Å²) in [6, 6.07) is 10.5. The average molecular weight is 245 g/mol. The lowest BCUT2D eigenvalue weighted by molar-refractivity contribution is 0.201. The number of nitrogens with zero attached hydrogens (tertiary/aromatic N) is 1. The summed E-state index contributed by atoms with van der Waals surface area (Å²) in [6.07, 6.45) is 3.39. The van der Waals surface area contributed by atoms with Crippen molar-refractivity contribution >= 4 is 0 Å². The van der Waals surface area contributed by atoms with Gasteiger partial charge in [0, 0.05) is 18.3 Å². The molecule has 1 aromatic carbocycles. The quantitative estimate of drug-likeness (QED) is 0.845. The molecule has 0 fully saturated rings. The Morgan fingerprint density at radius 2 is 2.00 bits per heavy atom. The van der Waals surface area contributed by atoms with Crippen molar-refractivity contribution in [3.8, 4) is 11.5 Å². The first-order valence-electron chi connectivity index (χ1n) is 5.73. The zero-order chi connectivity index (χ0) is 12.8. The fourth-order valence-corrected chi connectivity index (χ4v) is 1.64. The molecule has 1 unspecified atom stereocenters. The molecule has 0 saturated heterocycles. The van der Waals surface area contributed by atoms with Gasteiger partial charge >= 0.3 is 0 Å². The molecule has 94 valence electrons. The van der Waals surface area contributed by atoms with Crippen molar-refractivity contribution in [3.05, 3.63) is 54.4 Å². The topological polar surface area (TPSA) is 62.6 Å². The number of phenols is 1. The van der Waals surface area contributed by atoms with Crippen LogP contribution in [0, 0.1) is 0 Å². The van der Waals surface area contributed by atoms with Crippen molar-refractivity contribution in [2.75, 3.05) is 13.2 Å². The van der Waals surface area contributed by atoms with Gasteiger partial charge in [-0.3, -0.25) is 4.98 Å². The van der Waals surface area contributed by atoms with Gasteiger partial charge in [0.15, 0.2) is 11.5 Å². The van der Waals surface area contributed by atoms with Gasteiger partial charge in [-0.25, -0.2) is 0 Å². The van der Waals surface area contributed by atoms with E-state index in [2.05, 4.69) is 4.98 Å². The van der Waals surface area contributed by atoms with E-state index in [0.29, 0.717) is 12.4 Å². The Labute approximate surface area is 106 Å². The smallest absolute Gasteiger partial charge is 0.160 e. The van der Waals surface area contributed by atoms with Crippen LogP contribution in [0.4, 0.5) is 0 Å². The lowest BCUT2D eigenvalue weighted by atomic mass is 10.0. The second kappa shape index (κ2) is 6.02. The van der Waals surface area contributed by atoms with Gasteiger partial charge in [0.05, 0.1) is 13.2 Å². The fraction of sp³-hybridized carbons (Fsp3) is 0.214. The molecular weight excluding hydrogens is 230 g/mol. The minimum absolute atomic E-state index is 0.0285. The highest BCUT2D eigenvalue weighted by atomic mass is 16.5. The van der Waals surface area contributed by atoms with Crippen LogP contribution in [0.25, 0.3) is 0 Å². The number of ether oxygens (including phenoxy) is 1. The van der Waals surface area contributed by atoms with Gasteiger partial charge in [-0.15, -0.1) is 0 Å². The molecule has 1 heterocycles. The Kier molecular flexibility index (Phi) is 4.15. The highest BCUT2D eigenvalue weighted by molar-refractivity contribution is 5.38. The summed E-state index contributed by atoms with van der Waals surface area (Å²) in [5, 5.41) is 18.9. The van der Waals surface area contributed by atoms with Gasteiger partial charge in [0.25, 0.3) is 0 Å². The van der Waals surface area contributed by atoms with E-state index in [1.807, 2.05) is 12.1 Å². The number of hydrogen-bond acceptors (Lipinski definition) is 4. The van der Waals surface area contributed by atoms with Crippen LogP contribution in [0.1, 0.15) is 11.5 Å². The second-order valence-electron chi connectivity index (χ2n) is 3.94. The predicted octanol–water partition coefficient (Wildman–Crippen LogP) is 1.94. The van der Waals surface area contributed by atoms with Gasteiger partial charge in [-0.1, -0.05) is 18.2 Å². The zero-order valence-electron chi connectivity index (χ0n) is 9.86. The van der Waals surface area contributed by atoms with Crippen molar-refractivity contribution < 1.29 is 14.9 Å². The molecule has 4 nitrogen and oxygen atoms in total. The molecule has 0 amide bonds. The molecule has 2 rings (SSSR count). The van der Waals surface area contributed by atoms with Crippen molar-refractivity contribution in [2.45, 2.75) is 5.92 Å². The number of rotatable bonds is 5. The number of phenolic OH excluding ortho intramolecular Hbond substituents is 1. The van der Waals surface area contributed by atoms with Crippen LogP contribution in [-0.2, 0) is 0 Å². The third-order valence-corrected chi connectivity index (χ3v) is 2.68. The number of aromatic nitrogens is 1. The number of pyridine rings is 1. The summed E-state index contributed by atoms with van der Waals surface area (Å²) < 4.78 is 5.51. The summed E-state index contributed by atoms with van der Waals surface area (Å²) in [4.78, 5) is 4.01. The molecule has 0 aliphatic rings. The van der Waals surface area contributed by atoms with Crippen molar-refractivity contribution in [3.63, 3.8) is 0 Å². The van der Waals surface area contributed by atoms with Gasteiger partial charge in [0.1, 0.15) is 0 Å². The van der Waals surface area contributed by atoms with Gasteiger partial charge < -0.3 is 14.9 Å². The summed E-state index contributed by atoms with van der Waals surface area (Å²) in [5.74, 6) is 0.360. The standard InChI is InChI=1S/C14H15NO3/c16-9-12(11-4-3-7-15-8-11)10-18-14-6-2-1-5-13(14)17/h1-8,12,16-17H,9-10H2. The van der Waals surface area contributed by atoms with E-state index in [9.17, 15) is 10.2 Å². The van der Waals surface area contributed by atoms with Crippen molar-refractivity contribution in [1.82, 2.24) is 4.98 Å². The Hall–Kier alpha value is -2.07. The van der Waals surface area contributed by atoms with Crippen molar-refractivity contribution in [2.24, 2.45) is 0 Å². The van der Waals surface area contributed by atoms with E-state index in [1.54, 1.807) is 36.7 Å². The highest BCUT2D eigenvalue weighted by Gasteiger charge is 2.12. The molecule has 0 saturated carbocycles. The number of hydrogen-bond donors (Lipinski definition) is 2. The normalized spacial score (nSPS) is 12.1. The zero-order valence-corrected chi connectivity index (χ0v) is 9.86. The molecule has 2 N–H and O–H groups in total. The molecule has 0 radical (unpaired) electrons. The average Bonchev–Trinajstić information content (AvgIpc) is 2.42. The Morgan fingerprint density at radius 1 is 1.17 bits per heavy atom. The third-order valence-electron chi connectivity index (χ3n) is 2.68. The summed E-state index contributed by atoms with van der Waals surface area (Å²) in [5.41, 5.74) is 0.912. The molecule has 18 heavy (non-hydrogen) atoms. The largest absolute Gasteiger partial charge is 0.504 e. The van der Waals surface area contributed by atoms with Crippen LogP contribution >= 0.6 is 0 Å².